The van der Waals surface area contributed by atoms with Crippen molar-refractivity contribution in [3.8, 4) is 0 Å². The molecular formula is C50H19F20GaO. The van der Waals surface area contributed by atoms with Gasteiger partial charge in [-0.05, 0) is 39.5 Å². The molecule has 2 aliphatic carbocycles. The average molecular weight is 1090 g/mol. The number of fused-ring (bicyclic) bond motifs is 1. The van der Waals surface area contributed by atoms with Gasteiger partial charge in [-0.15, -0.1) is 0 Å². The number of allylic oxidation sites excluding steroid dienone is 5. The van der Waals surface area contributed by atoms with Crippen LogP contribution in [0, 0.1) is 116 Å². The molecule has 72 heavy (non-hydrogen) atoms. The van der Waals surface area contributed by atoms with E-state index in [4.69, 9.17) is 4.42 Å². The molecule has 0 saturated heterocycles. The van der Waals surface area contributed by atoms with E-state index in [0.717, 1.165) is 5.78 Å². The second-order valence-electron chi connectivity index (χ2n) is 15.5. The normalized spacial score (nSPS) is 13.8. The molecule has 0 spiro atoms. The summed E-state index contributed by atoms with van der Waals surface area (Å²) in [6.07, 6.45) is 4.21. The molecule has 0 aliphatic heterocycles. The molecule has 7 aromatic carbocycles. The fourth-order valence-corrected chi connectivity index (χ4v) is 20.9. The average Bonchev–Trinajstić information content (AvgIpc) is 4.14. The molecule has 2 aliphatic rings. The summed E-state index contributed by atoms with van der Waals surface area (Å²) in [6.45, 7) is 0. The van der Waals surface area contributed by atoms with Crippen LogP contribution in [-0.2, 0) is 4.42 Å². The van der Waals surface area contributed by atoms with Gasteiger partial charge in [-0.1, -0.05) is 84.9 Å². The Hall–Kier alpha value is -7.33. The van der Waals surface area contributed by atoms with E-state index < -0.39 is 148 Å². The van der Waals surface area contributed by atoms with Gasteiger partial charge in [0.2, 0.25) is 0 Å². The van der Waals surface area contributed by atoms with Crippen molar-refractivity contribution in [2.45, 2.75) is 0 Å². The van der Waals surface area contributed by atoms with Crippen molar-refractivity contribution in [3.05, 3.63) is 235 Å². The number of hydrogen-bond acceptors (Lipinski definition) is 0. The standard InChI is InChI=1S/C26H19O.4C6F5.Ga/c1-27-22-17-16-18-10-8-9-15-21(18)25(22)26-23(19-11-4-2-5-12-19)24(26)20-13-6-3-7-14-20;4*7-2-1-3(8)5(10)6(11)4(2)9;/h2-17H,1H3;;;;;/q+1;;;;;-1. The summed E-state index contributed by atoms with van der Waals surface area (Å²) in [5.41, 5.74) is 10.1. The van der Waals surface area contributed by atoms with Crippen LogP contribution < -0.4 is 16.5 Å². The molecule has 0 amide bonds. The van der Waals surface area contributed by atoms with E-state index in [0.29, 0.717) is 0 Å². The second-order valence-corrected chi connectivity index (χ2v) is 24.0. The first kappa shape index (κ1) is 51.0. The summed E-state index contributed by atoms with van der Waals surface area (Å²) in [4.78, 5) is 0. The Morgan fingerprint density at radius 3 is 0.833 bits per heavy atom. The molecule has 368 valence electrons. The van der Waals surface area contributed by atoms with Gasteiger partial charge in [0.15, 0.2) is 0 Å². The van der Waals surface area contributed by atoms with E-state index in [1.807, 2.05) is 0 Å². The zero-order chi connectivity index (χ0) is 52.6. The van der Waals surface area contributed by atoms with Crippen LogP contribution in [0.4, 0.5) is 87.8 Å². The molecular weight excluding hydrogens is 1070 g/mol. The van der Waals surface area contributed by atoms with Gasteiger partial charge >= 0.3 is 241 Å². The number of hydrogen-bond donors (Lipinski definition) is 0. The van der Waals surface area contributed by atoms with Crippen molar-refractivity contribution < 1.29 is 92.2 Å². The minimum atomic E-state index is -9.74. The van der Waals surface area contributed by atoms with E-state index in [2.05, 4.69) is 97.1 Å². The topological polar surface area (TPSA) is 11.3 Å². The quantitative estimate of drug-likeness (QED) is 0.0393. The first-order chi connectivity index (χ1) is 34.1. The van der Waals surface area contributed by atoms with Gasteiger partial charge < -0.3 is 0 Å². The molecule has 0 fully saturated rings. The summed E-state index contributed by atoms with van der Waals surface area (Å²) in [7, 11) is 1.75. The molecule has 22 heteroatoms. The van der Waals surface area contributed by atoms with Gasteiger partial charge in [-0.2, -0.15) is 0 Å². The molecule has 1 nitrogen and oxygen atoms in total. The molecule has 0 saturated carbocycles. The van der Waals surface area contributed by atoms with Gasteiger partial charge in [0.05, 0.1) is 5.57 Å². The summed E-state index contributed by atoms with van der Waals surface area (Å²) in [5.74, 6) is -69.6. The molecule has 9 rings (SSSR count). The Labute approximate surface area is 393 Å². The van der Waals surface area contributed by atoms with Crippen LogP contribution in [0.5, 0.6) is 0 Å². The number of benzene rings is 7. The van der Waals surface area contributed by atoms with Crippen LogP contribution in [0.15, 0.2) is 96.6 Å². The Morgan fingerprint density at radius 2 is 0.542 bits per heavy atom. The van der Waals surface area contributed by atoms with Gasteiger partial charge in [0, 0.05) is 11.6 Å². The fourth-order valence-electron chi connectivity index (χ4n) is 8.78. The summed E-state index contributed by atoms with van der Waals surface area (Å²) in [5, 5.41) is 0. The molecule has 0 bridgehead atoms. The van der Waals surface area contributed by atoms with Crippen LogP contribution in [0.2, 0.25) is 0 Å². The predicted octanol–water partition coefficient (Wildman–Crippen LogP) is 11.7. The van der Waals surface area contributed by atoms with Gasteiger partial charge in [0.25, 0.3) is 7.11 Å². The van der Waals surface area contributed by atoms with Crippen molar-refractivity contribution in [1.29, 1.82) is 0 Å². The molecule has 0 radical (unpaired) electrons. The van der Waals surface area contributed by atoms with Gasteiger partial charge in [0.1, 0.15) is 0 Å². The fraction of sp³-hybridized carbons (Fsp3) is 0.0200. The van der Waals surface area contributed by atoms with E-state index in [-0.39, 0.29) is 0 Å². The third kappa shape index (κ3) is 7.64. The Morgan fingerprint density at radius 1 is 0.278 bits per heavy atom. The summed E-state index contributed by atoms with van der Waals surface area (Å²) < 4.78 is 286. The number of ketones is 1. The van der Waals surface area contributed by atoms with E-state index in [9.17, 15) is 52.7 Å². The molecule has 0 unspecified atom stereocenters. The predicted molar refractivity (Wildman–Crippen MR) is 222 cm³/mol. The van der Waals surface area contributed by atoms with Crippen molar-refractivity contribution in [1.82, 2.24) is 0 Å². The van der Waals surface area contributed by atoms with Crippen LogP contribution in [0.1, 0.15) is 22.3 Å². The van der Waals surface area contributed by atoms with Crippen molar-refractivity contribution in [2.24, 2.45) is 0 Å². The number of carbonyl (C=O) groups excluding carboxylic acids is 1. The maximum absolute atomic E-state index is 15.4. The van der Waals surface area contributed by atoms with Crippen molar-refractivity contribution in [2.75, 3.05) is 7.11 Å². The van der Waals surface area contributed by atoms with Crippen molar-refractivity contribution in [3.63, 3.8) is 0 Å². The van der Waals surface area contributed by atoms with Crippen molar-refractivity contribution >= 4 is 60.1 Å². The first-order valence-electron chi connectivity index (χ1n) is 20.1. The third-order valence-electron chi connectivity index (χ3n) is 11.9. The van der Waals surface area contributed by atoms with Crippen LogP contribution in [0.25, 0.3) is 22.8 Å². The third-order valence-corrected chi connectivity index (χ3v) is 23.4. The summed E-state index contributed by atoms with van der Waals surface area (Å²) in [6, 6.07) is 29.8. The molecule has 7 aromatic rings. The minimum absolute atomic E-state index is 0.920. The van der Waals surface area contributed by atoms with Gasteiger partial charge in [-0.25, -0.2) is 0 Å². The van der Waals surface area contributed by atoms with E-state index >= 15 is 35.1 Å². The Balaban J connectivity index is 0.000000217. The number of rotatable bonds is 6. The van der Waals surface area contributed by atoms with E-state index in [1.165, 1.54) is 44.5 Å². The molecule has 0 aromatic heterocycles. The number of halogens is 20. The monoisotopic (exact) mass is 1080 g/mol. The molecule has 0 N–H and O–H groups in total. The first-order valence-corrected chi connectivity index (χ1v) is 25.0. The Bertz CT molecular complexity index is 3140. The SMILES string of the molecule is C[O+]=C1C=Cc2ccccc2C1=C1C(c2ccccc2)=C1c1ccccc1.Fc1c(F)c(F)[c]([Ga-]([c]2c(F)c(F)c(F)c(F)c2F)([c]2c(F)c(F)c(F)c(F)c2F)[c]2c(F)c(F)c(F)c(F)c2F)c(F)c1F. The maximum atomic E-state index is 15.4. The van der Waals surface area contributed by atoms with Crippen LogP contribution in [0.3, 0.4) is 0 Å². The summed E-state index contributed by atoms with van der Waals surface area (Å²) >= 11 is -9.74. The van der Waals surface area contributed by atoms with Crippen LogP contribution >= 0.6 is 0 Å². The molecule has 0 atom stereocenters. The zero-order valence-electron chi connectivity index (χ0n) is 35.3. The molecule has 0 heterocycles. The van der Waals surface area contributed by atoms with E-state index in [1.54, 1.807) is 7.11 Å². The Kier molecular flexibility index (Phi) is 13.5. The van der Waals surface area contributed by atoms with Crippen LogP contribution in [-0.4, -0.2) is 27.9 Å². The second kappa shape index (κ2) is 19.0. The van der Waals surface area contributed by atoms with Gasteiger partial charge in [-0.3, -0.25) is 4.42 Å². The zero-order valence-corrected chi connectivity index (χ0v) is 37.7.